The first-order valence-corrected chi connectivity index (χ1v) is 5.68. The van der Waals surface area contributed by atoms with E-state index >= 15 is 0 Å². The number of carbonyl (C=O) groups is 1. The molecule has 0 fully saturated rings. The minimum atomic E-state index is -4.46. The predicted molar refractivity (Wildman–Crippen MR) is 61.9 cm³/mol. The lowest BCUT2D eigenvalue weighted by atomic mass is 10.1. The van der Waals surface area contributed by atoms with Crippen LogP contribution in [0.4, 0.5) is 13.2 Å². The van der Waals surface area contributed by atoms with Crippen LogP contribution in [0.2, 0.25) is 0 Å². The van der Waals surface area contributed by atoms with E-state index in [2.05, 4.69) is 15.9 Å². The second kappa shape index (κ2) is 4.40. The fourth-order valence-corrected chi connectivity index (χ4v) is 3.06. The van der Waals surface area contributed by atoms with Gasteiger partial charge < -0.3 is 0 Å². The molecule has 1 aromatic carbocycles. The van der Waals surface area contributed by atoms with Crippen molar-refractivity contribution < 1.29 is 18.0 Å². The fraction of sp³-hybridized carbons (Fsp3) is 0.222. The van der Waals surface area contributed by atoms with Crippen LogP contribution in [0, 0.1) is 3.57 Å². The molecule has 0 aliphatic carbocycles. The Hall–Kier alpha value is -0.110. The Kier molecular flexibility index (Phi) is 3.80. The molecule has 15 heavy (non-hydrogen) atoms. The molecule has 0 aromatic heterocycles. The number of carbonyl (C=O) groups excluding carboxylic acids is 1. The Balaban J connectivity index is 3.51. The predicted octanol–water partition coefficient (Wildman–Crippen LogP) is 4.28. The molecule has 0 atom stereocenters. The van der Waals surface area contributed by atoms with E-state index in [0.717, 1.165) is 0 Å². The number of rotatable bonds is 1. The summed E-state index contributed by atoms with van der Waals surface area (Å²) in [7, 11) is 0. The summed E-state index contributed by atoms with van der Waals surface area (Å²) in [6.07, 6.45) is -4.46. The highest BCUT2D eigenvalue weighted by Gasteiger charge is 2.36. The van der Waals surface area contributed by atoms with Crippen LogP contribution in [-0.2, 0) is 6.18 Å². The summed E-state index contributed by atoms with van der Waals surface area (Å²) in [5.41, 5.74) is -0.751. The van der Waals surface area contributed by atoms with E-state index in [0.29, 0.717) is 0 Å². The molecule has 0 bridgehead atoms. The van der Waals surface area contributed by atoms with Crippen molar-refractivity contribution in [3.63, 3.8) is 0 Å². The number of benzene rings is 1. The molecule has 82 valence electrons. The van der Waals surface area contributed by atoms with Crippen molar-refractivity contribution in [2.24, 2.45) is 0 Å². The van der Waals surface area contributed by atoms with Gasteiger partial charge in [-0.25, -0.2) is 0 Å². The quantitative estimate of drug-likeness (QED) is 0.515. The highest BCUT2D eigenvalue weighted by Crippen LogP contribution is 2.39. The van der Waals surface area contributed by atoms with Crippen LogP contribution < -0.4 is 0 Å². The van der Waals surface area contributed by atoms with Crippen LogP contribution in [0.1, 0.15) is 22.8 Å². The first kappa shape index (κ1) is 13.0. The molecule has 0 saturated heterocycles. The average molecular weight is 393 g/mol. The van der Waals surface area contributed by atoms with E-state index in [1.54, 1.807) is 22.6 Å². The average Bonchev–Trinajstić information content (AvgIpc) is 2.00. The summed E-state index contributed by atoms with van der Waals surface area (Å²) in [5.74, 6) is -0.399. The third-order valence-electron chi connectivity index (χ3n) is 1.75. The van der Waals surface area contributed by atoms with Crippen LogP contribution in [0.25, 0.3) is 0 Å². The van der Waals surface area contributed by atoms with Gasteiger partial charge in [-0.15, -0.1) is 0 Å². The third kappa shape index (κ3) is 2.72. The van der Waals surface area contributed by atoms with E-state index in [-0.39, 0.29) is 13.6 Å². The maximum atomic E-state index is 12.6. The molecular formula is C9H5BrF3IO. The molecule has 1 aromatic rings. The lowest BCUT2D eigenvalue weighted by Crippen LogP contribution is -2.11. The number of hydrogen-bond donors (Lipinski definition) is 0. The molecule has 0 radical (unpaired) electrons. The molecule has 0 amide bonds. The Morgan fingerprint density at radius 3 is 2.33 bits per heavy atom. The highest BCUT2D eigenvalue weighted by molar-refractivity contribution is 14.1. The molecule has 0 heterocycles. The topological polar surface area (TPSA) is 17.1 Å². The summed E-state index contributed by atoms with van der Waals surface area (Å²) in [4.78, 5) is 11.1. The summed E-state index contributed by atoms with van der Waals surface area (Å²) in [6.45, 7) is 1.23. The SMILES string of the molecule is CC(=O)c1ccc(I)c(C(F)(F)F)c1Br. The van der Waals surface area contributed by atoms with Gasteiger partial charge in [0, 0.05) is 13.6 Å². The first-order chi connectivity index (χ1) is 6.75. The van der Waals surface area contributed by atoms with Crippen LogP contribution in [-0.4, -0.2) is 5.78 Å². The summed E-state index contributed by atoms with van der Waals surface area (Å²) in [6, 6.07) is 2.66. The molecule has 0 aliphatic rings. The normalized spacial score (nSPS) is 11.6. The minimum Gasteiger partial charge on any atom is -0.294 e. The standard InChI is InChI=1S/C9H5BrF3IO/c1-4(15)5-2-3-6(14)7(8(5)10)9(11,12)13/h2-3H,1H3. The Bertz CT molecular complexity index is 415. The van der Waals surface area contributed by atoms with E-state index in [9.17, 15) is 18.0 Å². The second-order valence-corrected chi connectivity index (χ2v) is 4.79. The third-order valence-corrected chi connectivity index (χ3v) is 3.48. The summed E-state index contributed by atoms with van der Waals surface area (Å²) in [5, 5.41) is 0. The van der Waals surface area contributed by atoms with Gasteiger partial charge in [-0.2, -0.15) is 13.2 Å². The first-order valence-electron chi connectivity index (χ1n) is 3.81. The Morgan fingerprint density at radius 2 is 1.93 bits per heavy atom. The number of hydrogen-bond acceptors (Lipinski definition) is 1. The molecule has 0 unspecified atom stereocenters. The molecule has 1 nitrogen and oxygen atoms in total. The van der Waals surface area contributed by atoms with Crippen molar-refractivity contribution >= 4 is 44.3 Å². The van der Waals surface area contributed by atoms with Gasteiger partial charge in [0.05, 0.1) is 5.56 Å². The highest BCUT2D eigenvalue weighted by atomic mass is 127. The maximum absolute atomic E-state index is 12.6. The zero-order valence-corrected chi connectivity index (χ0v) is 11.2. The monoisotopic (exact) mass is 392 g/mol. The molecule has 0 N–H and O–H groups in total. The van der Waals surface area contributed by atoms with Crippen LogP contribution in [0.5, 0.6) is 0 Å². The van der Waals surface area contributed by atoms with Gasteiger partial charge >= 0.3 is 6.18 Å². The van der Waals surface area contributed by atoms with E-state index < -0.39 is 17.5 Å². The number of halogens is 5. The van der Waals surface area contributed by atoms with Crippen molar-refractivity contribution in [2.75, 3.05) is 0 Å². The van der Waals surface area contributed by atoms with Gasteiger partial charge in [-0.1, -0.05) is 0 Å². The van der Waals surface area contributed by atoms with E-state index in [1.807, 2.05) is 0 Å². The molecule has 1 rings (SSSR count). The minimum absolute atomic E-state index is 0.0442. The number of Topliss-reactive ketones (excluding diaryl/α,β-unsaturated/α-hetero) is 1. The van der Waals surface area contributed by atoms with Crippen LogP contribution >= 0.6 is 38.5 Å². The smallest absolute Gasteiger partial charge is 0.294 e. The van der Waals surface area contributed by atoms with Crippen molar-refractivity contribution in [2.45, 2.75) is 13.1 Å². The molecule has 6 heteroatoms. The molecule has 0 saturated carbocycles. The fourth-order valence-electron chi connectivity index (χ4n) is 1.08. The zero-order chi connectivity index (χ0) is 11.8. The second-order valence-electron chi connectivity index (χ2n) is 2.84. The van der Waals surface area contributed by atoms with Crippen molar-refractivity contribution in [1.82, 2.24) is 0 Å². The van der Waals surface area contributed by atoms with Gasteiger partial charge in [0.25, 0.3) is 0 Å². The zero-order valence-electron chi connectivity index (χ0n) is 7.45. The largest absolute Gasteiger partial charge is 0.418 e. The lowest BCUT2D eigenvalue weighted by molar-refractivity contribution is -0.138. The van der Waals surface area contributed by atoms with Crippen molar-refractivity contribution in [3.05, 3.63) is 31.3 Å². The lowest BCUT2D eigenvalue weighted by Gasteiger charge is -2.13. The van der Waals surface area contributed by atoms with Gasteiger partial charge in [-0.3, -0.25) is 4.79 Å². The summed E-state index contributed by atoms with van der Waals surface area (Å²) >= 11 is 4.41. The van der Waals surface area contributed by atoms with Gasteiger partial charge in [0.2, 0.25) is 0 Å². The van der Waals surface area contributed by atoms with Gasteiger partial charge in [0.15, 0.2) is 5.78 Å². The van der Waals surface area contributed by atoms with E-state index in [1.165, 1.54) is 19.1 Å². The van der Waals surface area contributed by atoms with E-state index in [4.69, 9.17) is 0 Å². The van der Waals surface area contributed by atoms with Crippen molar-refractivity contribution in [1.29, 1.82) is 0 Å². The molecular weight excluding hydrogens is 388 g/mol. The van der Waals surface area contributed by atoms with Gasteiger partial charge in [0.1, 0.15) is 0 Å². The Morgan fingerprint density at radius 1 is 1.40 bits per heavy atom. The molecule has 0 spiro atoms. The summed E-state index contributed by atoms with van der Waals surface area (Å²) < 4.78 is 37.7. The Labute approximate surface area is 106 Å². The van der Waals surface area contributed by atoms with Crippen LogP contribution in [0.15, 0.2) is 16.6 Å². The van der Waals surface area contributed by atoms with Gasteiger partial charge in [-0.05, 0) is 57.6 Å². The van der Waals surface area contributed by atoms with Crippen molar-refractivity contribution in [3.8, 4) is 0 Å². The maximum Gasteiger partial charge on any atom is 0.418 e. The number of ketones is 1. The number of alkyl halides is 3. The van der Waals surface area contributed by atoms with Crippen LogP contribution in [0.3, 0.4) is 0 Å². The molecule has 0 aliphatic heterocycles.